The van der Waals surface area contributed by atoms with Crippen molar-refractivity contribution in [1.29, 1.82) is 0 Å². The summed E-state index contributed by atoms with van der Waals surface area (Å²) in [5.41, 5.74) is 4.85. The van der Waals surface area contributed by atoms with Gasteiger partial charge in [-0.15, -0.1) is 0 Å². The van der Waals surface area contributed by atoms with E-state index >= 15 is 0 Å². The molecule has 0 spiro atoms. The Morgan fingerprint density at radius 1 is 1.43 bits per heavy atom. The Labute approximate surface area is 121 Å². The highest BCUT2D eigenvalue weighted by Gasteiger charge is 2.23. The predicted molar refractivity (Wildman–Crippen MR) is 76.1 cm³/mol. The summed E-state index contributed by atoms with van der Waals surface area (Å²) in [6.45, 7) is 3.68. The minimum absolute atomic E-state index is 0.0376. The van der Waals surface area contributed by atoms with Crippen LogP contribution in [0.25, 0.3) is 0 Å². The third-order valence-electron chi connectivity index (χ3n) is 2.81. The van der Waals surface area contributed by atoms with E-state index in [1.807, 2.05) is 13.8 Å². The fourth-order valence-corrected chi connectivity index (χ4v) is 1.84. The summed E-state index contributed by atoms with van der Waals surface area (Å²) < 4.78 is 0. The number of anilines is 1. The predicted octanol–water partition coefficient (Wildman–Crippen LogP) is 1.60. The first kappa shape index (κ1) is 16.4. The molecule has 1 unspecified atom stereocenters. The fraction of sp³-hybridized carbons (Fsp3) is 0.385. The van der Waals surface area contributed by atoms with Crippen LogP contribution in [0, 0.1) is 16.0 Å². The van der Waals surface area contributed by atoms with Crippen LogP contribution < -0.4 is 11.1 Å². The minimum atomic E-state index is -1.12. The zero-order chi connectivity index (χ0) is 16.2. The molecule has 0 aromatic heterocycles. The van der Waals surface area contributed by atoms with Crippen molar-refractivity contribution in [2.45, 2.75) is 26.3 Å². The van der Waals surface area contributed by atoms with Crippen molar-refractivity contribution in [3.8, 4) is 0 Å². The molecule has 0 saturated carbocycles. The Hall–Kier alpha value is -2.64. The van der Waals surface area contributed by atoms with E-state index in [0.29, 0.717) is 0 Å². The van der Waals surface area contributed by atoms with E-state index in [1.54, 1.807) is 0 Å². The smallest absolute Gasteiger partial charge is 0.326 e. The zero-order valence-electron chi connectivity index (χ0n) is 11.7. The van der Waals surface area contributed by atoms with Crippen LogP contribution in [0.15, 0.2) is 18.2 Å². The number of nitrogens with one attached hydrogen (secondary N) is 1. The van der Waals surface area contributed by atoms with Crippen LogP contribution in [0.4, 0.5) is 11.4 Å². The average Bonchev–Trinajstić information content (AvgIpc) is 2.36. The van der Waals surface area contributed by atoms with Crippen molar-refractivity contribution < 1.29 is 19.6 Å². The summed E-state index contributed by atoms with van der Waals surface area (Å²) >= 11 is 0. The van der Waals surface area contributed by atoms with Gasteiger partial charge in [0.15, 0.2) is 0 Å². The number of nitro groups is 1. The molecule has 21 heavy (non-hydrogen) atoms. The number of primary amides is 1. The summed E-state index contributed by atoms with van der Waals surface area (Å²) in [6.07, 6.45) is 0.285. The van der Waals surface area contributed by atoms with Gasteiger partial charge in [0.05, 0.1) is 4.92 Å². The number of benzene rings is 1. The largest absolute Gasteiger partial charge is 0.480 e. The van der Waals surface area contributed by atoms with Gasteiger partial charge in [-0.25, -0.2) is 4.79 Å². The number of carbonyl (C=O) groups excluding carboxylic acids is 1. The molecule has 0 heterocycles. The molecule has 4 N–H and O–H groups in total. The summed E-state index contributed by atoms with van der Waals surface area (Å²) in [6, 6.07) is 2.55. The van der Waals surface area contributed by atoms with Gasteiger partial charge in [0.25, 0.3) is 5.69 Å². The lowest BCUT2D eigenvalue weighted by molar-refractivity contribution is -0.384. The molecule has 0 saturated heterocycles. The monoisotopic (exact) mass is 295 g/mol. The third kappa shape index (κ3) is 4.44. The molecule has 0 aliphatic rings. The van der Waals surface area contributed by atoms with E-state index in [2.05, 4.69) is 5.32 Å². The molecule has 114 valence electrons. The van der Waals surface area contributed by atoms with Crippen molar-refractivity contribution in [3.63, 3.8) is 0 Å². The molecule has 0 fully saturated rings. The van der Waals surface area contributed by atoms with Crippen LogP contribution >= 0.6 is 0 Å². The molecule has 1 rings (SSSR count). The van der Waals surface area contributed by atoms with Crippen molar-refractivity contribution in [2.75, 3.05) is 5.32 Å². The topological polar surface area (TPSA) is 136 Å². The third-order valence-corrected chi connectivity index (χ3v) is 2.81. The number of carboxylic acid groups (broad SMARTS) is 1. The van der Waals surface area contributed by atoms with Gasteiger partial charge < -0.3 is 16.2 Å². The molecule has 8 heteroatoms. The number of hydrogen-bond donors (Lipinski definition) is 3. The number of nitro benzene ring substituents is 1. The van der Waals surface area contributed by atoms with E-state index in [0.717, 1.165) is 6.07 Å². The van der Waals surface area contributed by atoms with Gasteiger partial charge in [0.2, 0.25) is 5.91 Å². The molecule has 1 atom stereocenters. The Balaban J connectivity index is 3.18. The molecular formula is C13H17N3O5. The Bertz CT molecular complexity index is 571. The fourth-order valence-electron chi connectivity index (χ4n) is 1.84. The quantitative estimate of drug-likeness (QED) is 0.516. The number of nitrogens with two attached hydrogens (primary N) is 1. The molecule has 1 aromatic rings. The van der Waals surface area contributed by atoms with E-state index < -0.39 is 22.8 Å². The summed E-state index contributed by atoms with van der Waals surface area (Å²) in [5, 5.41) is 22.8. The number of amides is 1. The number of carboxylic acids is 1. The van der Waals surface area contributed by atoms with Gasteiger partial charge in [-0.2, -0.15) is 0 Å². The molecule has 8 nitrogen and oxygen atoms in total. The zero-order valence-corrected chi connectivity index (χ0v) is 11.7. The second-order valence-electron chi connectivity index (χ2n) is 5.02. The maximum atomic E-state index is 11.2. The van der Waals surface area contributed by atoms with Crippen LogP contribution in [0.1, 0.15) is 30.6 Å². The number of nitrogens with zero attached hydrogens (tertiary/aromatic N) is 1. The van der Waals surface area contributed by atoms with E-state index in [4.69, 9.17) is 10.8 Å². The highest BCUT2D eigenvalue weighted by Crippen LogP contribution is 2.27. The standard InChI is InChI=1S/C13H17N3O5/c1-7(2)5-10(13(18)19)15-9-6-8(12(14)17)3-4-11(9)16(20)21/h3-4,6-7,10,15H,5H2,1-2H3,(H2,14,17)(H,18,19). The Kier molecular flexibility index (Phi) is 5.23. The van der Waals surface area contributed by atoms with Crippen LogP contribution in [0.3, 0.4) is 0 Å². The minimum Gasteiger partial charge on any atom is -0.480 e. The van der Waals surface area contributed by atoms with Gasteiger partial charge in [-0.05, 0) is 24.5 Å². The average molecular weight is 295 g/mol. The molecule has 0 aliphatic carbocycles. The summed E-state index contributed by atoms with van der Waals surface area (Å²) in [4.78, 5) is 32.7. The summed E-state index contributed by atoms with van der Waals surface area (Å²) in [7, 11) is 0. The molecule has 1 amide bonds. The second kappa shape index (κ2) is 6.69. The molecule has 0 bridgehead atoms. The second-order valence-corrected chi connectivity index (χ2v) is 5.02. The van der Waals surface area contributed by atoms with Crippen LogP contribution in [0.2, 0.25) is 0 Å². The number of rotatable bonds is 7. The van der Waals surface area contributed by atoms with Gasteiger partial charge >= 0.3 is 5.97 Å². The van der Waals surface area contributed by atoms with Crippen LogP contribution in [-0.2, 0) is 4.79 Å². The lowest BCUT2D eigenvalue weighted by Gasteiger charge is -2.18. The highest BCUT2D eigenvalue weighted by atomic mass is 16.6. The first-order valence-electron chi connectivity index (χ1n) is 6.30. The number of hydrogen-bond acceptors (Lipinski definition) is 5. The first-order valence-corrected chi connectivity index (χ1v) is 6.30. The molecular weight excluding hydrogens is 278 g/mol. The lowest BCUT2D eigenvalue weighted by Crippen LogP contribution is -2.31. The Morgan fingerprint density at radius 2 is 2.05 bits per heavy atom. The van der Waals surface area contributed by atoms with Crippen LogP contribution in [-0.4, -0.2) is 27.9 Å². The van der Waals surface area contributed by atoms with Gasteiger partial charge in [0, 0.05) is 11.6 Å². The molecule has 0 aliphatic heterocycles. The van der Waals surface area contributed by atoms with Crippen molar-refractivity contribution in [3.05, 3.63) is 33.9 Å². The normalized spacial score (nSPS) is 12.0. The summed E-state index contributed by atoms with van der Waals surface area (Å²) in [5.74, 6) is -1.79. The maximum absolute atomic E-state index is 11.2. The van der Waals surface area contributed by atoms with E-state index in [-0.39, 0.29) is 29.3 Å². The van der Waals surface area contributed by atoms with Gasteiger partial charge in [-0.1, -0.05) is 13.8 Å². The maximum Gasteiger partial charge on any atom is 0.326 e. The van der Waals surface area contributed by atoms with Gasteiger partial charge in [0.1, 0.15) is 11.7 Å². The highest BCUT2D eigenvalue weighted by molar-refractivity contribution is 5.95. The van der Waals surface area contributed by atoms with E-state index in [1.165, 1.54) is 12.1 Å². The lowest BCUT2D eigenvalue weighted by atomic mass is 10.0. The SMILES string of the molecule is CC(C)CC(Nc1cc(C(N)=O)ccc1[N+](=O)[O-])C(=O)O. The van der Waals surface area contributed by atoms with Crippen molar-refractivity contribution >= 4 is 23.3 Å². The van der Waals surface area contributed by atoms with Gasteiger partial charge in [-0.3, -0.25) is 14.9 Å². The van der Waals surface area contributed by atoms with Crippen molar-refractivity contribution in [2.24, 2.45) is 11.7 Å². The molecule has 1 aromatic carbocycles. The Morgan fingerprint density at radius 3 is 2.48 bits per heavy atom. The molecule has 0 radical (unpaired) electrons. The van der Waals surface area contributed by atoms with Crippen molar-refractivity contribution in [1.82, 2.24) is 0 Å². The van der Waals surface area contributed by atoms with E-state index in [9.17, 15) is 19.7 Å². The number of aliphatic carboxylic acids is 1. The first-order chi connectivity index (χ1) is 9.72. The van der Waals surface area contributed by atoms with Crippen LogP contribution in [0.5, 0.6) is 0 Å². The number of carbonyl (C=O) groups is 2.